The lowest BCUT2D eigenvalue weighted by atomic mass is 9.68. The lowest BCUT2D eigenvalue weighted by Crippen LogP contribution is -2.40. The molecule has 0 radical (unpaired) electrons. The second-order valence-corrected chi connectivity index (χ2v) is 5.28. The molecule has 1 N–H and O–H groups in total. The van der Waals surface area contributed by atoms with E-state index in [0.717, 1.165) is 0 Å². The smallest absolute Gasteiger partial charge is 0.0621 e. The minimum Gasteiger partial charge on any atom is -0.392 e. The summed E-state index contributed by atoms with van der Waals surface area (Å²) >= 11 is 0. The monoisotopic (exact) mass is 184 g/mol. The van der Waals surface area contributed by atoms with Gasteiger partial charge in [0.2, 0.25) is 0 Å². The molecule has 1 aliphatic carbocycles. The molecule has 1 fully saturated rings. The van der Waals surface area contributed by atoms with E-state index in [1.54, 1.807) is 0 Å². The summed E-state index contributed by atoms with van der Waals surface area (Å²) in [5.41, 5.74) is 0.230. The summed E-state index contributed by atoms with van der Waals surface area (Å²) in [5.74, 6) is 1.02. The summed E-state index contributed by atoms with van der Waals surface area (Å²) in [4.78, 5) is 0. The first-order chi connectivity index (χ1) is 6.00. The molecule has 0 spiro atoms. The SMILES string of the molecule is CC(C)C(O)C1(C(C)C)CCCC1. The van der Waals surface area contributed by atoms with Gasteiger partial charge in [0, 0.05) is 0 Å². The van der Waals surface area contributed by atoms with Gasteiger partial charge in [-0.1, -0.05) is 40.5 Å². The van der Waals surface area contributed by atoms with Crippen LogP contribution < -0.4 is 0 Å². The predicted molar refractivity (Wildman–Crippen MR) is 56.6 cm³/mol. The lowest BCUT2D eigenvalue weighted by molar-refractivity contribution is -0.0355. The van der Waals surface area contributed by atoms with Gasteiger partial charge in [0.1, 0.15) is 0 Å². The van der Waals surface area contributed by atoms with Crippen molar-refractivity contribution >= 4 is 0 Å². The summed E-state index contributed by atoms with van der Waals surface area (Å²) in [5, 5.41) is 10.2. The molecule has 78 valence electrons. The fourth-order valence-corrected chi connectivity index (χ4v) is 2.91. The number of hydrogen-bond acceptors (Lipinski definition) is 1. The number of aliphatic hydroxyl groups excluding tert-OH is 1. The fraction of sp³-hybridized carbons (Fsp3) is 1.00. The Morgan fingerprint density at radius 3 is 1.77 bits per heavy atom. The van der Waals surface area contributed by atoms with E-state index < -0.39 is 0 Å². The molecule has 1 unspecified atom stereocenters. The van der Waals surface area contributed by atoms with E-state index in [1.165, 1.54) is 25.7 Å². The second kappa shape index (κ2) is 4.00. The molecule has 1 nitrogen and oxygen atoms in total. The van der Waals surface area contributed by atoms with Crippen LogP contribution in [0.25, 0.3) is 0 Å². The molecule has 1 aliphatic rings. The van der Waals surface area contributed by atoms with Crippen LogP contribution >= 0.6 is 0 Å². The highest BCUT2D eigenvalue weighted by Gasteiger charge is 2.43. The Hall–Kier alpha value is -0.0400. The number of rotatable bonds is 3. The Morgan fingerprint density at radius 1 is 1.00 bits per heavy atom. The van der Waals surface area contributed by atoms with Crippen LogP contribution in [0.15, 0.2) is 0 Å². The normalized spacial score (nSPS) is 24.2. The summed E-state index contributed by atoms with van der Waals surface area (Å²) < 4.78 is 0. The van der Waals surface area contributed by atoms with Crippen LogP contribution in [0, 0.1) is 17.3 Å². The first-order valence-electron chi connectivity index (χ1n) is 5.69. The van der Waals surface area contributed by atoms with Crippen molar-refractivity contribution < 1.29 is 5.11 Å². The third kappa shape index (κ3) is 1.90. The topological polar surface area (TPSA) is 20.2 Å². The van der Waals surface area contributed by atoms with Gasteiger partial charge in [-0.15, -0.1) is 0 Å². The lowest BCUT2D eigenvalue weighted by Gasteiger charge is -2.40. The molecule has 0 bridgehead atoms. The Balaban J connectivity index is 2.78. The third-order valence-corrected chi connectivity index (χ3v) is 3.90. The minimum atomic E-state index is -0.102. The van der Waals surface area contributed by atoms with Gasteiger partial charge in [-0.2, -0.15) is 0 Å². The standard InChI is InChI=1S/C12H24O/c1-9(2)11(13)12(10(3)4)7-5-6-8-12/h9-11,13H,5-8H2,1-4H3. The van der Waals surface area contributed by atoms with E-state index in [9.17, 15) is 5.11 Å². The summed E-state index contributed by atoms with van der Waals surface area (Å²) in [6.07, 6.45) is 4.97. The van der Waals surface area contributed by atoms with E-state index in [2.05, 4.69) is 27.7 Å². The number of hydrogen-bond donors (Lipinski definition) is 1. The molecule has 1 rings (SSSR count). The molecule has 0 saturated heterocycles. The van der Waals surface area contributed by atoms with Crippen molar-refractivity contribution in [2.24, 2.45) is 17.3 Å². The average molecular weight is 184 g/mol. The average Bonchev–Trinajstić information content (AvgIpc) is 2.51. The molecule has 0 aromatic heterocycles. The highest BCUT2D eigenvalue weighted by molar-refractivity contribution is 4.94. The second-order valence-electron chi connectivity index (χ2n) is 5.28. The summed E-state index contributed by atoms with van der Waals surface area (Å²) in [6, 6.07) is 0. The van der Waals surface area contributed by atoms with Gasteiger partial charge in [0.05, 0.1) is 6.10 Å². The zero-order valence-electron chi connectivity index (χ0n) is 9.51. The fourth-order valence-electron chi connectivity index (χ4n) is 2.91. The molecule has 1 atom stereocenters. The molecule has 0 aromatic carbocycles. The van der Waals surface area contributed by atoms with Gasteiger partial charge >= 0.3 is 0 Å². The highest BCUT2D eigenvalue weighted by Crippen LogP contribution is 2.48. The van der Waals surface area contributed by atoms with Gasteiger partial charge in [-0.05, 0) is 30.1 Å². The van der Waals surface area contributed by atoms with Crippen LogP contribution in [0.1, 0.15) is 53.4 Å². The van der Waals surface area contributed by atoms with E-state index in [1.807, 2.05) is 0 Å². The Bertz CT molecular complexity index is 155. The van der Waals surface area contributed by atoms with E-state index >= 15 is 0 Å². The van der Waals surface area contributed by atoms with Gasteiger partial charge in [0.15, 0.2) is 0 Å². The zero-order valence-corrected chi connectivity index (χ0v) is 9.51. The maximum absolute atomic E-state index is 10.2. The molecule has 0 amide bonds. The summed E-state index contributed by atoms with van der Waals surface area (Å²) in [6.45, 7) is 8.79. The highest BCUT2D eigenvalue weighted by atomic mass is 16.3. The molecular formula is C12H24O. The van der Waals surface area contributed by atoms with E-state index in [-0.39, 0.29) is 11.5 Å². The summed E-state index contributed by atoms with van der Waals surface area (Å²) in [7, 11) is 0. The van der Waals surface area contributed by atoms with Crippen LogP contribution in [-0.4, -0.2) is 11.2 Å². The van der Waals surface area contributed by atoms with Crippen LogP contribution in [-0.2, 0) is 0 Å². The zero-order chi connectivity index (χ0) is 10.1. The van der Waals surface area contributed by atoms with Crippen molar-refractivity contribution in [3.63, 3.8) is 0 Å². The molecule has 1 saturated carbocycles. The minimum absolute atomic E-state index is 0.102. The maximum atomic E-state index is 10.2. The van der Waals surface area contributed by atoms with Gasteiger partial charge < -0.3 is 5.11 Å². The first-order valence-corrected chi connectivity index (χ1v) is 5.69. The quantitative estimate of drug-likeness (QED) is 0.714. The molecule has 13 heavy (non-hydrogen) atoms. The van der Waals surface area contributed by atoms with E-state index in [0.29, 0.717) is 11.8 Å². The van der Waals surface area contributed by atoms with Crippen molar-refractivity contribution in [2.75, 3.05) is 0 Å². The number of aliphatic hydroxyl groups is 1. The van der Waals surface area contributed by atoms with Gasteiger partial charge in [0.25, 0.3) is 0 Å². The largest absolute Gasteiger partial charge is 0.392 e. The Labute approximate surface area is 82.5 Å². The Kier molecular flexibility index (Phi) is 3.39. The van der Waals surface area contributed by atoms with Crippen molar-refractivity contribution in [3.05, 3.63) is 0 Å². The molecule has 0 heterocycles. The van der Waals surface area contributed by atoms with Gasteiger partial charge in [-0.25, -0.2) is 0 Å². The first kappa shape index (κ1) is 11.0. The van der Waals surface area contributed by atoms with E-state index in [4.69, 9.17) is 0 Å². The maximum Gasteiger partial charge on any atom is 0.0621 e. The molecular weight excluding hydrogens is 160 g/mol. The van der Waals surface area contributed by atoms with Crippen molar-refractivity contribution in [1.82, 2.24) is 0 Å². The van der Waals surface area contributed by atoms with Crippen LogP contribution in [0.2, 0.25) is 0 Å². The van der Waals surface area contributed by atoms with Crippen molar-refractivity contribution in [3.8, 4) is 0 Å². The third-order valence-electron chi connectivity index (χ3n) is 3.90. The molecule has 1 heteroatoms. The molecule has 0 aliphatic heterocycles. The van der Waals surface area contributed by atoms with Crippen LogP contribution in [0.4, 0.5) is 0 Å². The predicted octanol–water partition coefficient (Wildman–Crippen LogP) is 3.22. The van der Waals surface area contributed by atoms with Gasteiger partial charge in [-0.3, -0.25) is 0 Å². The van der Waals surface area contributed by atoms with Crippen molar-refractivity contribution in [2.45, 2.75) is 59.5 Å². The van der Waals surface area contributed by atoms with Crippen molar-refractivity contribution in [1.29, 1.82) is 0 Å². The molecule has 0 aromatic rings. The van der Waals surface area contributed by atoms with Crippen LogP contribution in [0.3, 0.4) is 0 Å². The Morgan fingerprint density at radius 2 is 1.46 bits per heavy atom. The van der Waals surface area contributed by atoms with Crippen LogP contribution in [0.5, 0.6) is 0 Å².